The molecule has 0 N–H and O–H groups in total. The maximum absolute atomic E-state index is 13.6. The van der Waals surface area contributed by atoms with E-state index >= 15 is 0 Å². The Bertz CT molecular complexity index is 754. The van der Waals surface area contributed by atoms with Gasteiger partial charge in [0.25, 0.3) is 11.8 Å². The largest absolute Gasteiger partial charge is 0.282 e. The number of fused-ring (bicyclic) bond motifs is 1. The number of carbonyl (C=O) groups is 2. The van der Waals surface area contributed by atoms with E-state index in [0.717, 1.165) is 11.2 Å². The maximum atomic E-state index is 13.6. The van der Waals surface area contributed by atoms with E-state index < -0.39 is 17.6 Å². The van der Waals surface area contributed by atoms with Crippen LogP contribution >= 0.6 is 15.9 Å². The summed E-state index contributed by atoms with van der Waals surface area (Å²) in [4.78, 5) is 24.1. The van der Waals surface area contributed by atoms with E-state index in [0.29, 0.717) is 15.6 Å². The van der Waals surface area contributed by atoms with Crippen LogP contribution in [0.25, 0.3) is 0 Å². The highest BCUT2D eigenvalue weighted by atomic mass is 79.9. The molecule has 0 saturated carbocycles. The van der Waals surface area contributed by atoms with E-state index in [1.165, 1.54) is 12.1 Å². The quantitative estimate of drug-likeness (QED) is 0.619. The summed E-state index contributed by atoms with van der Waals surface area (Å²) in [7, 11) is 0. The zero-order valence-corrected chi connectivity index (χ0v) is 12.2. The molecule has 104 valence electrons. The number of benzene rings is 2. The number of halogens is 2. The van der Waals surface area contributed by atoms with Crippen molar-refractivity contribution in [2.24, 2.45) is 5.10 Å². The van der Waals surface area contributed by atoms with Gasteiger partial charge < -0.3 is 0 Å². The van der Waals surface area contributed by atoms with Crippen molar-refractivity contribution >= 4 is 34.0 Å². The summed E-state index contributed by atoms with van der Waals surface area (Å²) in [6.45, 7) is 0. The van der Waals surface area contributed by atoms with Gasteiger partial charge in [-0.25, -0.2) is 4.39 Å². The minimum atomic E-state index is -0.512. The van der Waals surface area contributed by atoms with Crippen molar-refractivity contribution in [1.82, 2.24) is 5.01 Å². The fraction of sp³-hybridized carbons (Fsp3) is 0. The second-order valence-electron chi connectivity index (χ2n) is 4.38. The van der Waals surface area contributed by atoms with E-state index in [-0.39, 0.29) is 5.56 Å². The van der Waals surface area contributed by atoms with Gasteiger partial charge in [-0.3, -0.25) is 9.59 Å². The Morgan fingerprint density at radius 3 is 2.29 bits per heavy atom. The average Bonchev–Trinajstić information content (AvgIpc) is 2.73. The molecule has 0 fully saturated rings. The molecule has 1 heterocycles. The number of amides is 2. The number of carbonyl (C=O) groups excluding carboxylic acids is 2. The monoisotopic (exact) mass is 346 g/mol. The minimum Gasteiger partial charge on any atom is -0.267 e. The Balaban J connectivity index is 1.93. The van der Waals surface area contributed by atoms with Crippen LogP contribution in [0.15, 0.2) is 52.0 Å². The van der Waals surface area contributed by atoms with Crippen LogP contribution in [0.4, 0.5) is 4.39 Å². The average molecular weight is 347 g/mol. The van der Waals surface area contributed by atoms with Crippen LogP contribution in [0.5, 0.6) is 0 Å². The summed E-state index contributed by atoms with van der Waals surface area (Å²) >= 11 is 3.22. The molecule has 0 spiro atoms. The second-order valence-corrected chi connectivity index (χ2v) is 5.29. The molecular formula is C15H8BrFN2O2. The number of hydrogen-bond donors (Lipinski definition) is 0. The first-order chi connectivity index (χ1) is 10.1. The molecule has 2 aromatic rings. The number of rotatable bonds is 2. The van der Waals surface area contributed by atoms with Crippen LogP contribution in [0.1, 0.15) is 26.3 Å². The Hall–Kier alpha value is -2.34. The summed E-state index contributed by atoms with van der Waals surface area (Å²) in [5.74, 6) is -1.51. The SMILES string of the molecule is O=C1c2ccccc2C(=O)N1/N=C\c1cc(Br)ccc1F. The highest BCUT2D eigenvalue weighted by Crippen LogP contribution is 2.22. The fourth-order valence-electron chi connectivity index (χ4n) is 2.01. The van der Waals surface area contributed by atoms with Crippen LogP contribution in [-0.2, 0) is 0 Å². The lowest BCUT2D eigenvalue weighted by Crippen LogP contribution is -2.24. The number of hydrazone groups is 1. The van der Waals surface area contributed by atoms with Gasteiger partial charge in [-0.15, -0.1) is 0 Å². The van der Waals surface area contributed by atoms with E-state index in [4.69, 9.17) is 0 Å². The van der Waals surface area contributed by atoms with Gasteiger partial charge in [-0.05, 0) is 30.3 Å². The van der Waals surface area contributed by atoms with Gasteiger partial charge in [0.1, 0.15) is 5.82 Å². The summed E-state index contributed by atoms with van der Waals surface area (Å²) in [5, 5.41) is 4.56. The van der Waals surface area contributed by atoms with Gasteiger partial charge in [-0.2, -0.15) is 10.1 Å². The molecule has 0 unspecified atom stereocenters. The third kappa shape index (κ3) is 2.38. The molecule has 6 heteroatoms. The van der Waals surface area contributed by atoms with Crippen LogP contribution < -0.4 is 0 Å². The summed E-state index contributed by atoms with van der Waals surface area (Å²) in [6, 6.07) is 10.8. The Morgan fingerprint density at radius 2 is 1.67 bits per heavy atom. The van der Waals surface area contributed by atoms with Gasteiger partial charge in [0.2, 0.25) is 0 Å². The normalized spacial score (nSPS) is 14.1. The van der Waals surface area contributed by atoms with Gasteiger partial charge >= 0.3 is 0 Å². The van der Waals surface area contributed by atoms with Crippen molar-refractivity contribution < 1.29 is 14.0 Å². The zero-order chi connectivity index (χ0) is 15.0. The topological polar surface area (TPSA) is 49.7 Å². The molecule has 0 radical (unpaired) electrons. The number of nitrogens with zero attached hydrogens (tertiary/aromatic N) is 2. The van der Waals surface area contributed by atoms with Crippen molar-refractivity contribution in [3.63, 3.8) is 0 Å². The molecule has 2 aromatic carbocycles. The molecule has 3 rings (SSSR count). The van der Waals surface area contributed by atoms with Crippen LogP contribution in [-0.4, -0.2) is 23.0 Å². The van der Waals surface area contributed by atoms with Gasteiger partial charge in [0.05, 0.1) is 17.3 Å². The van der Waals surface area contributed by atoms with Crippen LogP contribution in [0, 0.1) is 5.82 Å². The first-order valence-electron chi connectivity index (χ1n) is 6.05. The third-order valence-electron chi connectivity index (χ3n) is 3.04. The lowest BCUT2D eigenvalue weighted by Gasteiger charge is -2.05. The predicted molar refractivity (Wildman–Crippen MR) is 78.6 cm³/mol. The van der Waals surface area contributed by atoms with Gasteiger partial charge in [-0.1, -0.05) is 28.1 Å². The molecule has 0 aromatic heterocycles. The fourth-order valence-corrected chi connectivity index (χ4v) is 2.39. The number of hydrogen-bond acceptors (Lipinski definition) is 3. The van der Waals surface area contributed by atoms with E-state index in [9.17, 15) is 14.0 Å². The lowest BCUT2D eigenvalue weighted by atomic mass is 10.1. The van der Waals surface area contributed by atoms with Crippen molar-refractivity contribution in [2.75, 3.05) is 0 Å². The molecule has 1 aliphatic heterocycles. The first kappa shape index (κ1) is 13.6. The van der Waals surface area contributed by atoms with Crippen molar-refractivity contribution in [1.29, 1.82) is 0 Å². The van der Waals surface area contributed by atoms with Crippen LogP contribution in [0.3, 0.4) is 0 Å². The summed E-state index contributed by atoms with van der Waals surface area (Å²) in [5.41, 5.74) is 0.782. The molecule has 4 nitrogen and oxygen atoms in total. The van der Waals surface area contributed by atoms with Crippen molar-refractivity contribution in [3.05, 3.63) is 69.4 Å². The predicted octanol–water partition coefficient (Wildman–Crippen LogP) is 3.22. The molecule has 0 aliphatic carbocycles. The molecule has 1 aliphatic rings. The van der Waals surface area contributed by atoms with Gasteiger partial charge in [0.15, 0.2) is 0 Å². The highest BCUT2D eigenvalue weighted by Gasteiger charge is 2.35. The standard InChI is InChI=1S/C15H8BrFN2O2/c16-10-5-6-13(17)9(7-10)8-18-19-14(20)11-3-1-2-4-12(11)15(19)21/h1-8H/b18-8-. The Labute approximate surface area is 128 Å². The second kappa shape index (κ2) is 5.21. The van der Waals surface area contributed by atoms with Crippen molar-refractivity contribution in [3.8, 4) is 0 Å². The Morgan fingerprint density at radius 1 is 1.05 bits per heavy atom. The van der Waals surface area contributed by atoms with E-state index in [2.05, 4.69) is 21.0 Å². The van der Waals surface area contributed by atoms with Crippen LogP contribution in [0.2, 0.25) is 0 Å². The molecule has 0 saturated heterocycles. The summed E-state index contributed by atoms with van der Waals surface area (Å²) in [6.07, 6.45) is 1.15. The maximum Gasteiger partial charge on any atom is 0.282 e. The minimum absolute atomic E-state index is 0.181. The first-order valence-corrected chi connectivity index (χ1v) is 6.84. The third-order valence-corrected chi connectivity index (χ3v) is 3.54. The highest BCUT2D eigenvalue weighted by molar-refractivity contribution is 9.10. The van der Waals surface area contributed by atoms with Crippen molar-refractivity contribution in [2.45, 2.75) is 0 Å². The number of imide groups is 1. The molecule has 21 heavy (non-hydrogen) atoms. The summed E-state index contributed by atoms with van der Waals surface area (Å²) < 4.78 is 14.3. The molecular weight excluding hydrogens is 339 g/mol. The zero-order valence-electron chi connectivity index (χ0n) is 10.6. The van der Waals surface area contributed by atoms with Gasteiger partial charge in [0, 0.05) is 10.0 Å². The lowest BCUT2D eigenvalue weighted by molar-refractivity contribution is 0.0660. The molecule has 0 atom stereocenters. The molecule has 0 bridgehead atoms. The van der Waals surface area contributed by atoms with E-state index in [1.807, 2.05) is 0 Å². The van der Waals surface area contributed by atoms with E-state index in [1.54, 1.807) is 30.3 Å². The Kier molecular flexibility index (Phi) is 3.39. The molecule has 2 amide bonds. The smallest absolute Gasteiger partial charge is 0.267 e.